The number of aryl methyl sites for hydroxylation is 2. The van der Waals surface area contributed by atoms with E-state index in [0.29, 0.717) is 5.92 Å². The zero-order valence-electron chi connectivity index (χ0n) is 12.7. The first-order valence-corrected chi connectivity index (χ1v) is 7.31. The van der Waals surface area contributed by atoms with Crippen molar-refractivity contribution < 1.29 is 0 Å². The molecule has 1 atom stereocenters. The molecule has 19 heavy (non-hydrogen) atoms. The summed E-state index contributed by atoms with van der Waals surface area (Å²) in [5.74, 6) is 0.540. The van der Waals surface area contributed by atoms with E-state index in [9.17, 15) is 0 Å². The molecule has 1 unspecified atom stereocenters. The summed E-state index contributed by atoms with van der Waals surface area (Å²) >= 11 is 5.48. The van der Waals surface area contributed by atoms with Crippen LogP contribution in [0.4, 0.5) is 0 Å². The van der Waals surface area contributed by atoms with E-state index in [-0.39, 0.29) is 5.41 Å². The average molecular weight is 280 g/mol. The molecule has 2 aromatic heterocycles. The van der Waals surface area contributed by atoms with Crippen molar-refractivity contribution in [1.29, 1.82) is 0 Å². The third kappa shape index (κ3) is 2.48. The third-order valence-corrected chi connectivity index (χ3v) is 4.41. The molecule has 106 valence electrons. The molecule has 0 saturated heterocycles. The van der Waals surface area contributed by atoms with Gasteiger partial charge in [-0.2, -0.15) is 5.10 Å². The Kier molecular flexibility index (Phi) is 3.60. The number of hydrogen-bond acceptors (Lipinski definition) is 2. The second kappa shape index (κ2) is 4.78. The van der Waals surface area contributed by atoms with Crippen LogP contribution in [0, 0.1) is 16.1 Å². The molecule has 0 spiro atoms. The van der Waals surface area contributed by atoms with Crippen molar-refractivity contribution >= 4 is 23.4 Å². The van der Waals surface area contributed by atoms with Gasteiger partial charge in [0.25, 0.3) is 0 Å². The highest BCUT2D eigenvalue weighted by atomic mass is 32.1. The minimum Gasteiger partial charge on any atom is -0.328 e. The first-order chi connectivity index (χ1) is 8.75. The van der Waals surface area contributed by atoms with Crippen LogP contribution in [0.25, 0.3) is 11.2 Å². The van der Waals surface area contributed by atoms with Crippen LogP contribution in [-0.4, -0.2) is 19.3 Å². The fourth-order valence-corrected chi connectivity index (χ4v) is 2.51. The van der Waals surface area contributed by atoms with E-state index >= 15 is 0 Å². The van der Waals surface area contributed by atoms with Crippen molar-refractivity contribution in [3.05, 3.63) is 10.5 Å². The highest BCUT2D eigenvalue weighted by molar-refractivity contribution is 7.71. The van der Waals surface area contributed by atoms with Crippen LogP contribution in [0.15, 0.2) is 0 Å². The van der Waals surface area contributed by atoms with E-state index < -0.39 is 0 Å². The minimum atomic E-state index is 0.268. The van der Waals surface area contributed by atoms with Gasteiger partial charge in [0.05, 0.1) is 5.69 Å². The number of hydrogen-bond donors (Lipinski definition) is 1. The number of aromatic amines is 1. The van der Waals surface area contributed by atoms with Gasteiger partial charge in [-0.05, 0) is 30.0 Å². The topological polar surface area (TPSA) is 38.5 Å². The first kappa shape index (κ1) is 14.3. The lowest BCUT2D eigenvalue weighted by atomic mass is 9.82. The Hall–Kier alpha value is -1.10. The summed E-state index contributed by atoms with van der Waals surface area (Å²) in [5, 5.41) is 4.56. The Labute approximate surface area is 119 Å². The van der Waals surface area contributed by atoms with Crippen molar-refractivity contribution in [1.82, 2.24) is 19.3 Å². The lowest BCUT2D eigenvalue weighted by Crippen LogP contribution is -2.23. The zero-order valence-corrected chi connectivity index (χ0v) is 13.6. The molecule has 0 aliphatic rings. The van der Waals surface area contributed by atoms with Crippen molar-refractivity contribution in [2.45, 2.75) is 47.6 Å². The van der Waals surface area contributed by atoms with Gasteiger partial charge in [0.15, 0.2) is 10.4 Å². The fraction of sp³-hybridized carbons (Fsp3) is 0.714. The summed E-state index contributed by atoms with van der Waals surface area (Å²) in [6.07, 6.45) is 0.918. The summed E-state index contributed by atoms with van der Waals surface area (Å²) in [4.78, 5) is 3.32. The van der Waals surface area contributed by atoms with Crippen LogP contribution in [0.2, 0.25) is 0 Å². The van der Waals surface area contributed by atoms with E-state index in [4.69, 9.17) is 12.2 Å². The molecule has 0 amide bonds. The summed E-state index contributed by atoms with van der Waals surface area (Å²) in [7, 11) is 1.99. The van der Waals surface area contributed by atoms with Gasteiger partial charge in [-0.15, -0.1) is 0 Å². The normalized spacial score (nSPS) is 14.2. The van der Waals surface area contributed by atoms with E-state index in [1.54, 1.807) is 0 Å². The maximum atomic E-state index is 5.48. The van der Waals surface area contributed by atoms with Crippen molar-refractivity contribution in [2.24, 2.45) is 18.4 Å². The van der Waals surface area contributed by atoms with Crippen molar-refractivity contribution in [2.75, 3.05) is 0 Å². The standard InChI is InChI=1S/C14H24N4S/c1-7-10-11-12(17(6)16-10)18(13(19)15-11)8-9(2)14(3,4)5/h9H,7-8H2,1-6H3,(H,15,19). The number of nitrogens with one attached hydrogen (secondary N) is 1. The molecular weight excluding hydrogens is 256 g/mol. The Balaban J connectivity index is 2.52. The number of rotatable bonds is 3. The molecule has 0 saturated carbocycles. The van der Waals surface area contributed by atoms with E-state index in [1.165, 1.54) is 0 Å². The van der Waals surface area contributed by atoms with Crippen LogP contribution in [0.1, 0.15) is 40.3 Å². The molecule has 0 radical (unpaired) electrons. The number of fused-ring (bicyclic) bond motifs is 1. The molecule has 0 aromatic carbocycles. The van der Waals surface area contributed by atoms with Gasteiger partial charge in [0.2, 0.25) is 0 Å². The smallest absolute Gasteiger partial charge is 0.179 e. The first-order valence-electron chi connectivity index (χ1n) is 6.90. The Morgan fingerprint density at radius 3 is 2.53 bits per heavy atom. The van der Waals surface area contributed by atoms with Crippen LogP contribution in [-0.2, 0) is 20.0 Å². The summed E-state index contributed by atoms with van der Waals surface area (Å²) in [5.41, 5.74) is 3.56. The highest BCUT2D eigenvalue weighted by Crippen LogP contribution is 2.28. The Bertz CT molecular complexity index is 639. The number of H-pyrrole nitrogens is 1. The van der Waals surface area contributed by atoms with Crippen LogP contribution < -0.4 is 0 Å². The Morgan fingerprint density at radius 2 is 2.00 bits per heavy atom. The SMILES string of the molecule is CCc1nn(C)c2c1[nH]c(=S)n2CC(C)C(C)(C)C. The molecule has 5 heteroatoms. The minimum absolute atomic E-state index is 0.268. The van der Waals surface area contributed by atoms with Crippen LogP contribution in [0.5, 0.6) is 0 Å². The zero-order chi connectivity index (χ0) is 14.4. The lowest BCUT2D eigenvalue weighted by Gasteiger charge is -2.27. The van der Waals surface area contributed by atoms with Gasteiger partial charge < -0.3 is 9.55 Å². The quantitative estimate of drug-likeness (QED) is 0.871. The van der Waals surface area contributed by atoms with Gasteiger partial charge in [0, 0.05) is 13.6 Å². The second-order valence-corrected chi connectivity index (χ2v) is 6.82. The van der Waals surface area contributed by atoms with Crippen molar-refractivity contribution in [3.63, 3.8) is 0 Å². The molecule has 2 heterocycles. The Morgan fingerprint density at radius 1 is 1.37 bits per heavy atom. The van der Waals surface area contributed by atoms with E-state index in [1.807, 2.05) is 11.7 Å². The van der Waals surface area contributed by atoms with Gasteiger partial charge in [-0.3, -0.25) is 4.68 Å². The molecule has 0 aliphatic carbocycles. The van der Waals surface area contributed by atoms with Crippen molar-refractivity contribution in [3.8, 4) is 0 Å². The summed E-state index contributed by atoms with van der Waals surface area (Å²) in [6, 6.07) is 0. The highest BCUT2D eigenvalue weighted by Gasteiger charge is 2.23. The van der Waals surface area contributed by atoms with Crippen LogP contribution in [0.3, 0.4) is 0 Å². The third-order valence-electron chi connectivity index (χ3n) is 4.09. The second-order valence-electron chi connectivity index (χ2n) is 6.43. The maximum absolute atomic E-state index is 5.48. The summed E-state index contributed by atoms with van der Waals surface area (Å²) in [6.45, 7) is 12.1. The average Bonchev–Trinajstić information content (AvgIpc) is 2.77. The molecule has 1 N–H and O–H groups in total. The lowest BCUT2D eigenvalue weighted by molar-refractivity contribution is 0.233. The fourth-order valence-electron chi connectivity index (χ4n) is 2.24. The predicted octanol–water partition coefficient (Wildman–Crippen LogP) is 3.68. The van der Waals surface area contributed by atoms with Gasteiger partial charge in [0.1, 0.15) is 5.52 Å². The molecule has 0 bridgehead atoms. The van der Waals surface area contributed by atoms with Crippen LogP contribution >= 0.6 is 12.2 Å². The van der Waals surface area contributed by atoms with E-state index in [2.05, 4.69) is 49.3 Å². The van der Waals surface area contributed by atoms with Gasteiger partial charge in [-0.25, -0.2) is 0 Å². The summed E-state index contributed by atoms with van der Waals surface area (Å²) < 4.78 is 4.93. The van der Waals surface area contributed by atoms with Gasteiger partial charge in [-0.1, -0.05) is 34.6 Å². The molecule has 2 rings (SSSR count). The number of aromatic nitrogens is 4. The maximum Gasteiger partial charge on any atom is 0.179 e. The van der Waals surface area contributed by atoms with E-state index in [0.717, 1.165) is 34.6 Å². The number of imidazole rings is 1. The molecule has 2 aromatic rings. The molecular formula is C14H24N4S. The largest absolute Gasteiger partial charge is 0.328 e. The van der Waals surface area contributed by atoms with Gasteiger partial charge >= 0.3 is 0 Å². The monoisotopic (exact) mass is 280 g/mol. The number of nitrogens with zero attached hydrogens (tertiary/aromatic N) is 3. The molecule has 0 fully saturated rings. The predicted molar refractivity (Wildman–Crippen MR) is 81.9 cm³/mol. The molecule has 4 nitrogen and oxygen atoms in total. The molecule has 0 aliphatic heterocycles.